The third-order valence-corrected chi connectivity index (χ3v) is 3.87. The van der Waals surface area contributed by atoms with Crippen LogP contribution >= 0.6 is 15.9 Å². The molecule has 0 saturated carbocycles. The molecule has 1 aromatic carbocycles. The summed E-state index contributed by atoms with van der Waals surface area (Å²) >= 11 is 3.55. The SMILES string of the molecule is Cc1cccc(NCC2CCC(=O)N2)c1Br. The predicted octanol–water partition coefficient (Wildman–Crippen LogP) is 2.45. The van der Waals surface area contributed by atoms with Crippen LogP contribution < -0.4 is 10.6 Å². The van der Waals surface area contributed by atoms with E-state index in [2.05, 4.69) is 39.6 Å². The zero-order valence-corrected chi connectivity index (χ0v) is 10.8. The summed E-state index contributed by atoms with van der Waals surface area (Å²) in [4.78, 5) is 11.0. The van der Waals surface area contributed by atoms with Crippen molar-refractivity contribution in [3.63, 3.8) is 0 Å². The molecule has 1 aliphatic heterocycles. The highest BCUT2D eigenvalue weighted by Gasteiger charge is 2.20. The van der Waals surface area contributed by atoms with Crippen LogP contribution in [0.3, 0.4) is 0 Å². The molecule has 3 nitrogen and oxygen atoms in total. The molecule has 1 heterocycles. The van der Waals surface area contributed by atoms with Gasteiger partial charge in [0, 0.05) is 29.2 Å². The Balaban J connectivity index is 1.94. The fourth-order valence-electron chi connectivity index (χ4n) is 1.85. The van der Waals surface area contributed by atoms with Gasteiger partial charge < -0.3 is 10.6 Å². The van der Waals surface area contributed by atoms with Crippen molar-refractivity contribution >= 4 is 27.5 Å². The van der Waals surface area contributed by atoms with Crippen molar-refractivity contribution in [1.82, 2.24) is 5.32 Å². The van der Waals surface area contributed by atoms with Crippen LogP contribution in [0.25, 0.3) is 0 Å². The average Bonchev–Trinajstić information content (AvgIpc) is 2.67. The van der Waals surface area contributed by atoms with Gasteiger partial charge in [-0.2, -0.15) is 0 Å². The topological polar surface area (TPSA) is 41.1 Å². The van der Waals surface area contributed by atoms with E-state index < -0.39 is 0 Å². The van der Waals surface area contributed by atoms with Crippen LogP contribution in [-0.4, -0.2) is 18.5 Å². The molecule has 0 bridgehead atoms. The van der Waals surface area contributed by atoms with Crippen molar-refractivity contribution < 1.29 is 4.79 Å². The third kappa shape index (κ3) is 2.55. The van der Waals surface area contributed by atoms with Crippen LogP contribution in [0.4, 0.5) is 5.69 Å². The number of hydrogen-bond acceptors (Lipinski definition) is 2. The Morgan fingerprint density at radius 2 is 2.38 bits per heavy atom. The van der Waals surface area contributed by atoms with E-state index in [0.717, 1.165) is 23.1 Å². The molecule has 2 rings (SSSR count). The van der Waals surface area contributed by atoms with Crippen molar-refractivity contribution in [3.8, 4) is 0 Å². The molecule has 0 spiro atoms. The molecule has 16 heavy (non-hydrogen) atoms. The highest BCUT2D eigenvalue weighted by Crippen LogP contribution is 2.25. The molecular weight excluding hydrogens is 268 g/mol. The van der Waals surface area contributed by atoms with Gasteiger partial charge in [-0.05, 0) is 40.9 Å². The molecule has 1 fully saturated rings. The van der Waals surface area contributed by atoms with Crippen molar-refractivity contribution in [1.29, 1.82) is 0 Å². The Morgan fingerprint density at radius 3 is 3.06 bits per heavy atom. The molecule has 0 radical (unpaired) electrons. The molecule has 1 saturated heterocycles. The first kappa shape index (κ1) is 11.5. The van der Waals surface area contributed by atoms with Crippen LogP contribution in [0.1, 0.15) is 18.4 Å². The molecule has 86 valence electrons. The summed E-state index contributed by atoms with van der Waals surface area (Å²) in [5.74, 6) is 0.162. The lowest BCUT2D eigenvalue weighted by Gasteiger charge is -2.14. The first-order chi connectivity index (χ1) is 7.66. The maximum atomic E-state index is 11.0. The Hall–Kier alpha value is -1.03. The van der Waals surface area contributed by atoms with Crippen LogP contribution in [0.5, 0.6) is 0 Å². The summed E-state index contributed by atoms with van der Waals surface area (Å²) < 4.78 is 1.10. The van der Waals surface area contributed by atoms with E-state index in [1.165, 1.54) is 5.56 Å². The lowest BCUT2D eigenvalue weighted by molar-refractivity contribution is -0.119. The van der Waals surface area contributed by atoms with E-state index in [9.17, 15) is 4.79 Å². The molecule has 1 aromatic rings. The van der Waals surface area contributed by atoms with Crippen molar-refractivity contribution in [3.05, 3.63) is 28.2 Å². The standard InChI is InChI=1S/C12H15BrN2O/c1-8-3-2-4-10(12(8)13)14-7-9-5-6-11(16)15-9/h2-4,9,14H,5-7H2,1H3,(H,15,16). The number of anilines is 1. The van der Waals surface area contributed by atoms with E-state index in [-0.39, 0.29) is 11.9 Å². The monoisotopic (exact) mass is 282 g/mol. The molecule has 1 aliphatic rings. The number of rotatable bonds is 3. The average molecular weight is 283 g/mol. The minimum Gasteiger partial charge on any atom is -0.382 e. The first-order valence-corrected chi connectivity index (χ1v) is 6.24. The number of benzene rings is 1. The number of carbonyl (C=O) groups is 1. The highest BCUT2D eigenvalue weighted by molar-refractivity contribution is 9.10. The van der Waals surface area contributed by atoms with E-state index in [4.69, 9.17) is 0 Å². The van der Waals surface area contributed by atoms with Gasteiger partial charge in [0.2, 0.25) is 5.91 Å². The number of hydrogen-bond donors (Lipinski definition) is 2. The Bertz CT molecular complexity index is 406. The summed E-state index contributed by atoms with van der Waals surface area (Å²) in [6, 6.07) is 6.38. The van der Waals surface area contributed by atoms with Gasteiger partial charge in [-0.25, -0.2) is 0 Å². The second-order valence-corrected chi connectivity index (χ2v) is 4.91. The molecule has 4 heteroatoms. The summed E-state index contributed by atoms with van der Waals surface area (Å²) in [7, 11) is 0. The van der Waals surface area contributed by atoms with Crippen molar-refractivity contribution in [2.24, 2.45) is 0 Å². The van der Waals surface area contributed by atoms with Crippen LogP contribution in [0.2, 0.25) is 0 Å². The summed E-state index contributed by atoms with van der Waals surface area (Å²) in [6.07, 6.45) is 1.58. The smallest absolute Gasteiger partial charge is 0.220 e. The molecule has 1 atom stereocenters. The molecule has 1 amide bonds. The van der Waals surface area contributed by atoms with E-state index >= 15 is 0 Å². The Labute approximate surface area is 104 Å². The zero-order valence-electron chi connectivity index (χ0n) is 9.22. The van der Waals surface area contributed by atoms with Crippen LogP contribution in [0, 0.1) is 6.92 Å². The van der Waals surface area contributed by atoms with Gasteiger partial charge >= 0.3 is 0 Å². The van der Waals surface area contributed by atoms with E-state index in [0.29, 0.717) is 6.42 Å². The quantitative estimate of drug-likeness (QED) is 0.894. The van der Waals surface area contributed by atoms with Gasteiger partial charge in [0.1, 0.15) is 0 Å². The number of halogens is 1. The summed E-state index contributed by atoms with van der Waals surface area (Å²) in [5, 5.41) is 6.30. The van der Waals surface area contributed by atoms with Crippen molar-refractivity contribution in [2.75, 3.05) is 11.9 Å². The van der Waals surface area contributed by atoms with Crippen LogP contribution in [0.15, 0.2) is 22.7 Å². The van der Waals surface area contributed by atoms with Gasteiger partial charge in [0.05, 0.1) is 0 Å². The normalized spacial score (nSPS) is 19.6. The van der Waals surface area contributed by atoms with Gasteiger partial charge in [-0.1, -0.05) is 12.1 Å². The van der Waals surface area contributed by atoms with Gasteiger partial charge in [-0.3, -0.25) is 4.79 Å². The van der Waals surface area contributed by atoms with Gasteiger partial charge in [-0.15, -0.1) is 0 Å². The first-order valence-electron chi connectivity index (χ1n) is 5.45. The minimum absolute atomic E-state index is 0.162. The minimum atomic E-state index is 0.162. The lowest BCUT2D eigenvalue weighted by atomic mass is 10.2. The second kappa shape index (κ2) is 4.87. The molecule has 2 N–H and O–H groups in total. The van der Waals surface area contributed by atoms with E-state index in [1.807, 2.05) is 12.1 Å². The van der Waals surface area contributed by atoms with Gasteiger partial charge in [0.25, 0.3) is 0 Å². The number of amides is 1. The van der Waals surface area contributed by atoms with E-state index in [1.54, 1.807) is 0 Å². The molecular formula is C12H15BrN2O. The highest BCUT2D eigenvalue weighted by atomic mass is 79.9. The third-order valence-electron chi connectivity index (χ3n) is 2.82. The fourth-order valence-corrected chi connectivity index (χ4v) is 2.25. The Morgan fingerprint density at radius 1 is 1.56 bits per heavy atom. The predicted molar refractivity (Wildman–Crippen MR) is 68.5 cm³/mol. The number of aryl methyl sites for hydroxylation is 1. The molecule has 1 unspecified atom stereocenters. The number of carbonyl (C=O) groups excluding carboxylic acids is 1. The summed E-state index contributed by atoms with van der Waals surface area (Å²) in [5.41, 5.74) is 2.29. The largest absolute Gasteiger partial charge is 0.382 e. The van der Waals surface area contributed by atoms with Crippen LogP contribution in [-0.2, 0) is 4.79 Å². The lowest BCUT2D eigenvalue weighted by Crippen LogP contribution is -2.31. The second-order valence-electron chi connectivity index (χ2n) is 4.12. The molecule has 0 aromatic heterocycles. The maximum Gasteiger partial charge on any atom is 0.220 e. The number of nitrogens with one attached hydrogen (secondary N) is 2. The van der Waals surface area contributed by atoms with Gasteiger partial charge in [0.15, 0.2) is 0 Å². The zero-order chi connectivity index (χ0) is 11.5. The van der Waals surface area contributed by atoms with Crippen molar-refractivity contribution in [2.45, 2.75) is 25.8 Å². The maximum absolute atomic E-state index is 11.0. The summed E-state index contributed by atoms with van der Waals surface area (Å²) in [6.45, 7) is 2.85. The fraction of sp³-hybridized carbons (Fsp3) is 0.417. The molecule has 0 aliphatic carbocycles. The Kier molecular flexibility index (Phi) is 3.49.